The number of amides is 1. The molecule has 2 aromatic rings. The third kappa shape index (κ3) is 3.17. The minimum atomic E-state index is -0.0358. The van der Waals surface area contributed by atoms with E-state index in [1.807, 2.05) is 35.9 Å². The zero-order valence-corrected chi connectivity index (χ0v) is 14.5. The minimum absolute atomic E-state index is 0.0358. The first-order chi connectivity index (χ1) is 11.7. The minimum Gasteiger partial charge on any atom is -0.325 e. The van der Waals surface area contributed by atoms with Gasteiger partial charge in [0.25, 0.3) is 0 Å². The van der Waals surface area contributed by atoms with Crippen molar-refractivity contribution < 1.29 is 4.79 Å². The number of nitrogens with zero attached hydrogens (tertiary/aromatic N) is 4. The third-order valence-corrected chi connectivity index (χ3v) is 6.08. The SMILES string of the molecule is Cc1ccc(NC(=O)CSc2nnnn2[C@@H]2C[C@H]3CC[C@H]2C3)cc1. The lowest BCUT2D eigenvalue weighted by Crippen LogP contribution is -2.19. The van der Waals surface area contributed by atoms with Crippen molar-refractivity contribution in [1.82, 2.24) is 20.2 Å². The molecule has 2 bridgehead atoms. The van der Waals surface area contributed by atoms with Crippen molar-refractivity contribution in [3.8, 4) is 0 Å². The number of hydrogen-bond acceptors (Lipinski definition) is 5. The van der Waals surface area contributed by atoms with Crippen LogP contribution in [-0.4, -0.2) is 31.9 Å². The van der Waals surface area contributed by atoms with E-state index >= 15 is 0 Å². The molecule has 1 amide bonds. The normalized spacial score (nSPS) is 25.1. The second-order valence-electron chi connectivity index (χ2n) is 6.85. The summed E-state index contributed by atoms with van der Waals surface area (Å²) in [5, 5.41) is 15.8. The first kappa shape index (κ1) is 15.6. The highest BCUT2D eigenvalue weighted by molar-refractivity contribution is 7.99. The van der Waals surface area contributed by atoms with Gasteiger partial charge in [-0.2, -0.15) is 0 Å². The second kappa shape index (κ2) is 6.55. The van der Waals surface area contributed by atoms with E-state index in [0.717, 1.165) is 16.8 Å². The molecule has 4 rings (SSSR count). The summed E-state index contributed by atoms with van der Waals surface area (Å²) in [6.45, 7) is 2.02. The summed E-state index contributed by atoms with van der Waals surface area (Å²) in [5.74, 6) is 1.83. The lowest BCUT2D eigenvalue weighted by molar-refractivity contribution is -0.113. The van der Waals surface area contributed by atoms with Crippen molar-refractivity contribution >= 4 is 23.4 Å². The van der Waals surface area contributed by atoms with Crippen molar-refractivity contribution in [2.75, 3.05) is 11.1 Å². The van der Waals surface area contributed by atoms with Gasteiger partial charge in [0.05, 0.1) is 11.8 Å². The van der Waals surface area contributed by atoms with Crippen LogP contribution in [0.2, 0.25) is 0 Å². The number of carbonyl (C=O) groups is 1. The smallest absolute Gasteiger partial charge is 0.234 e. The Morgan fingerprint density at radius 1 is 1.29 bits per heavy atom. The Kier molecular flexibility index (Phi) is 4.26. The van der Waals surface area contributed by atoms with Crippen LogP contribution < -0.4 is 5.32 Å². The largest absolute Gasteiger partial charge is 0.325 e. The molecule has 0 unspecified atom stereocenters. The summed E-state index contributed by atoms with van der Waals surface area (Å²) in [5.41, 5.74) is 1.99. The molecule has 2 aliphatic carbocycles. The van der Waals surface area contributed by atoms with Crippen molar-refractivity contribution in [2.24, 2.45) is 11.8 Å². The molecular weight excluding hydrogens is 322 g/mol. The van der Waals surface area contributed by atoms with Crippen LogP contribution in [0.25, 0.3) is 0 Å². The van der Waals surface area contributed by atoms with Gasteiger partial charge >= 0.3 is 0 Å². The van der Waals surface area contributed by atoms with E-state index < -0.39 is 0 Å². The molecule has 1 aromatic heterocycles. The topological polar surface area (TPSA) is 72.7 Å². The molecule has 1 heterocycles. The van der Waals surface area contributed by atoms with Gasteiger partial charge in [0.2, 0.25) is 11.1 Å². The molecule has 7 heteroatoms. The van der Waals surface area contributed by atoms with Crippen LogP contribution in [0.15, 0.2) is 29.4 Å². The Morgan fingerprint density at radius 2 is 2.12 bits per heavy atom. The quantitative estimate of drug-likeness (QED) is 0.845. The number of aromatic nitrogens is 4. The average Bonchev–Trinajstić information content (AvgIpc) is 3.31. The van der Waals surface area contributed by atoms with Crippen molar-refractivity contribution in [3.05, 3.63) is 29.8 Å². The van der Waals surface area contributed by atoms with Crippen LogP contribution in [0.4, 0.5) is 5.69 Å². The van der Waals surface area contributed by atoms with E-state index in [1.165, 1.54) is 43.0 Å². The van der Waals surface area contributed by atoms with Crippen molar-refractivity contribution in [1.29, 1.82) is 0 Å². The lowest BCUT2D eigenvalue weighted by atomic mass is 9.96. The number of rotatable bonds is 5. The maximum Gasteiger partial charge on any atom is 0.234 e. The molecule has 0 saturated heterocycles. The Hall–Kier alpha value is -1.89. The third-order valence-electron chi connectivity index (χ3n) is 5.15. The predicted molar refractivity (Wildman–Crippen MR) is 92.8 cm³/mol. The van der Waals surface area contributed by atoms with Crippen LogP contribution in [-0.2, 0) is 4.79 Å². The highest BCUT2D eigenvalue weighted by atomic mass is 32.2. The number of benzene rings is 1. The van der Waals surface area contributed by atoms with Crippen LogP contribution in [0, 0.1) is 18.8 Å². The molecular formula is C17H21N5OS. The Labute approximate surface area is 145 Å². The summed E-state index contributed by atoms with van der Waals surface area (Å²) in [6, 6.07) is 8.21. The monoisotopic (exact) mass is 343 g/mol. The zero-order valence-electron chi connectivity index (χ0n) is 13.7. The fourth-order valence-corrected chi connectivity index (χ4v) is 4.69. The summed E-state index contributed by atoms with van der Waals surface area (Å²) in [7, 11) is 0. The van der Waals surface area contributed by atoms with Gasteiger partial charge in [-0.1, -0.05) is 35.9 Å². The highest BCUT2D eigenvalue weighted by Gasteiger charge is 2.42. The Bertz CT molecular complexity index is 729. The number of aryl methyl sites for hydroxylation is 1. The fraction of sp³-hybridized carbons (Fsp3) is 0.529. The first-order valence-electron chi connectivity index (χ1n) is 8.46. The van der Waals surface area contributed by atoms with E-state index in [9.17, 15) is 4.79 Å². The van der Waals surface area contributed by atoms with Gasteiger partial charge in [0.15, 0.2) is 0 Å². The number of tetrazole rings is 1. The molecule has 126 valence electrons. The second-order valence-corrected chi connectivity index (χ2v) is 7.79. The van der Waals surface area contributed by atoms with E-state index in [1.54, 1.807) is 0 Å². The van der Waals surface area contributed by atoms with E-state index in [2.05, 4.69) is 20.8 Å². The summed E-state index contributed by atoms with van der Waals surface area (Å²) < 4.78 is 1.95. The molecule has 2 aliphatic rings. The van der Waals surface area contributed by atoms with Crippen LogP contribution in [0.3, 0.4) is 0 Å². The Morgan fingerprint density at radius 3 is 2.83 bits per heavy atom. The van der Waals surface area contributed by atoms with Crippen LogP contribution in [0.1, 0.15) is 37.3 Å². The summed E-state index contributed by atoms with van der Waals surface area (Å²) in [4.78, 5) is 12.1. The number of fused-ring (bicyclic) bond motifs is 2. The number of nitrogens with one attached hydrogen (secondary N) is 1. The van der Waals surface area contributed by atoms with Gasteiger partial charge in [-0.25, -0.2) is 4.68 Å². The number of hydrogen-bond donors (Lipinski definition) is 1. The molecule has 2 saturated carbocycles. The first-order valence-corrected chi connectivity index (χ1v) is 9.45. The molecule has 0 spiro atoms. The van der Waals surface area contributed by atoms with Gasteiger partial charge in [0.1, 0.15) is 0 Å². The van der Waals surface area contributed by atoms with Gasteiger partial charge in [-0.05, 0) is 60.6 Å². The van der Waals surface area contributed by atoms with Gasteiger partial charge < -0.3 is 5.32 Å². The van der Waals surface area contributed by atoms with E-state index in [4.69, 9.17) is 0 Å². The molecule has 24 heavy (non-hydrogen) atoms. The predicted octanol–water partition coefficient (Wildman–Crippen LogP) is 3.07. The molecule has 3 atom stereocenters. The van der Waals surface area contributed by atoms with Crippen molar-refractivity contribution in [3.63, 3.8) is 0 Å². The maximum absolute atomic E-state index is 12.1. The number of carbonyl (C=O) groups excluding carboxylic acids is 1. The van der Waals surface area contributed by atoms with E-state index in [-0.39, 0.29) is 5.91 Å². The fourth-order valence-electron chi connectivity index (χ4n) is 3.96. The average molecular weight is 343 g/mol. The van der Waals surface area contributed by atoms with Gasteiger partial charge in [-0.3, -0.25) is 4.79 Å². The van der Waals surface area contributed by atoms with Crippen molar-refractivity contribution in [2.45, 2.75) is 43.8 Å². The lowest BCUT2D eigenvalue weighted by Gasteiger charge is -2.22. The van der Waals surface area contributed by atoms with E-state index in [0.29, 0.717) is 17.7 Å². The maximum atomic E-state index is 12.1. The summed E-state index contributed by atoms with van der Waals surface area (Å²) in [6.07, 6.45) is 5.12. The molecule has 0 aliphatic heterocycles. The number of anilines is 1. The Balaban J connectivity index is 1.35. The molecule has 6 nitrogen and oxygen atoms in total. The molecule has 0 radical (unpaired) electrons. The van der Waals surface area contributed by atoms with Gasteiger partial charge in [-0.15, -0.1) is 5.10 Å². The summed E-state index contributed by atoms with van der Waals surface area (Å²) >= 11 is 1.41. The number of thioether (sulfide) groups is 1. The van der Waals surface area contributed by atoms with Crippen LogP contribution >= 0.6 is 11.8 Å². The zero-order chi connectivity index (χ0) is 16.5. The molecule has 1 N–H and O–H groups in total. The molecule has 2 fully saturated rings. The van der Waals surface area contributed by atoms with Crippen LogP contribution in [0.5, 0.6) is 0 Å². The van der Waals surface area contributed by atoms with Gasteiger partial charge in [0, 0.05) is 5.69 Å². The highest BCUT2D eigenvalue weighted by Crippen LogP contribution is 2.50. The standard InChI is InChI=1S/C17H21N5OS/c1-11-2-6-14(7-3-11)18-16(23)10-24-17-19-20-21-22(17)15-9-12-4-5-13(15)8-12/h2-3,6-7,12-13,15H,4-5,8-10H2,1H3,(H,18,23)/t12-,13-,15+/m0/s1. The molecule has 1 aromatic carbocycles.